The smallest absolute Gasteiger partial charge is 0.242 e. The topological polar surface area (TPSA) is 86.0 Å². The average molecular weight is 259 g/mol. The van der Waals surface area contributed by atoms with E-state index in [9.17, 15) is 0 Å². The Morgan fingerprint density at radius 1 is 1.32 bits per heavy atom. The van der Waals surface area contributed by atoms with Crippen molar-refractivity contribution in [3.63, 3.8) is 0 Å². The number of nitrogens with zero attached hydrogens (tertiary/aromatic N) is 3. The van der Waals surface area contributed by atoms with Crippen LogP contribution >= 0.6 is 0 Å². The van der Waals surface area contributed by atoms with Gasteiger partial charge in [0.15, 0.2) is 5.82 Å². The van der Waals surface area contributed by atoms with Crippen molar-refractivity contribution in [1.29, 1.82) is 0 Å². The minimum atomic E-state index is 0.400. The summed E-state index contributed by atoms with van der Waals surface area (Å²) in [6.07, 6.45) is 1.42. The van der Waals surface area contributed by atoms with Gasteiger partial charge in [0.05, 0.1) is 18.8 Å². The van der Waals surface area contributed by atoms with E-state index in [0.29, 0.717) is 30.5 Å². The normalized spacial score (nSPS) is 10.2. The predicted molar refractivity (Wildman–Crippen MR) is 73.9 cm³/mol. The van der Waals surface area contributed by atoms with Gasteiger partial charge in [-0.3, -0.25) is 4.98 Å². The Kier molecular flexibility index (Phi) is 4.12. The number of rotatable bonds is 5. The number of ether oxygens (including phenoxy) is 1. The molecule has 19 heavy (non-hydrogen) atoms. The largest absolute Gasteiger partial charge is 0.476 e. The summed E-state index contributed by atoms with van der Waals surface area (Å²) in [7, 11) is 0. The van der Waals surface area contributed by atoms with Crippen LogP contribution < -0.4 is 15.8 Å². The molecule has 2 aromatic rings. The van der Waals surface area contributed by atoms with E-state index >= 15 is 0 Å². The fourth-order valence-electron chi connectivity index (χ4n) is 1.64. The van der Waals surface area contributed by atoms with Crippen LogP contribution in [-0.4, -0.2) is 21.6 Å². The molecule has 0 unspecified atom stereocenters. The lowest BCUT2D eigenvalue weighted by Gasteiger charge is -2.10. The second kappa shape index (κ2) is 5.99. The van der Waals surface area contributed by atoms with Gasteiger partial charge < -0.3 is 15.8 Å². The molecule has 0 aliphatic heterocycles. The van der Waals surface area contributed by atoms with Crippen molar-refractivity contribution >= 4 is 11.5 Å². The zero-order chi connectivity index (χ0) is 13.7. The summed E-state index contributed by atoms with van der Waals surface area (Å²) in [5.41, 5.74) is 8.25. The lowest BCUT2D eigenvalue weighted by atomic mass is 10.3. The fourth-order valence-corrected chi connectivity index (χ4v) is 1.64. The van der Waals surface area contributed by atoms with Crippen LogP contribution in [0.1, 0.15) is 18.3 Å². The van der Waals surface area contributed by atoms with Crippen molar-refractivity contribution in [2.24, 2.45) is 0 Å². The van der Waals surface area contributed by atoms with Gasteiger partial charge in [-0.15, -0.1) is 0 Å². The van der Waals surface area contributed by atoms with Gasteiger partial charge in [-0.2, -0.15) is 4.98 Å². The van der Waals surface area contributed by atoms with Crippen LogP contribution in [-0.2, 0) is 6.54 Å². The zero-order valence-electron chi connectivity index (χ0n) is 11.1. The van der Waals surface area contributed by atoms with Gasteiger partial charge in [-0.25, -0.2) is 4.98 Å². The molecule has 0 bridgehead atoms. The Hall–Kier alpha value is -2.37. The number of nitrogens with one attached hydrogen (secondary N) is 1. The monoisotopic (exact) mass is 259 g/mol. The van der Waals surface area contributed by atoms with Gasteiger partial charge >= 0.3 is 0 Å². The summed E-state index contributed by atoms with van der Waals surface area (Å²) in [5.74, 6) is 0.957. The van der Waals surface area contributed by atoms with E-state index < -0.39 is 0 Å². The van der Waals surface area contributed by atoms with Crippen LogP contribution in [0.4, 0.5) is 11.5 Å². The number of nitrogen functional groups attached to an aromatic ring is 1. The molecule has 0 saturated heterocycles. The Bertz CT molecular complexity index is 558. The molecule has 6 heteroatoms. The molecule has 100 valence electrons. The third kappa shape index (κ3) is 3.31. The zero-order valence-corrected chi connectivity index (χ0v) is 11.1. The van der Waals surface area contributed by atoms with Gasteiger partial charge in [-0.1, -0.05) is 6.07 Å². The van der Waals surface area contributed by atoms with Crippen molar-refractivity contribution in [2.75, 3.05) is 17.7 Å². The number of nitrogens with two attached hydrogens (primary N) is 1. The molecule has 0 spiro atoms. The first-order valence-electron chi connectivity index (χ1n) is 6.10. The first-order chi connectivity index (χ1) is 9.20. The fraction of sp³-hybridized carbons (Fsp3) is 0.308. The summed E-state index contributed by atoms with van der Waals surface area (Å²) in [5, 5.41) is 3.14. The van der Waals surface area contributed by atoms with E-state index in [1.165, 1.54) is 6.33 Å². The van der Waals surface area contributed by atoms with Gasteiger partial charge in [0, 0.05) is 5.69 Å². The summed E-state index contributed by atoms with van der Waals surface area (Å²) in [6, 6.07) is 5.87. The number of pyridine rings is 1. The first-order valence-corrected chi connectivity index (χ1v) is 6.10. The highest BCUT2D eigenvalue weighted by Gasteiger charge is 2.08. The second-order valence-electron chi connectivity index (χ2n) is 4.00. The summed E-state index contributed by atoms with van der Waals surface area (Å²) in [6.45, 7) is 4.90. The number of aryl methyl sites for hydroxylation is 1. The minimum absolute atomic E-state index is 0.400. The molecule has 2 heterocycles. The molecule has 0 amide bonds. The van der Waals surface area contributed by atoms with Crippen molar-refractivity contribution in [1.82, 2.24) is 15.0 Å². The first kappa shape index (κ1) is 13.1. The van der Waals surface area contributed by atoms with E-state index in [1.807, 2.05) is 32.0 Å². The van der Waals surface area contributed by atoms with Crippen LogP contribution in [0.2, 0.25) is 0 Å². The Labute approximate surface area is 112 Å². The summed E-state index contributed by atoms with van der Waals surface area (Å²) in [4.78, 5) is 12.5. The number of anilines is 2. The highest BCUT2D eigenvalue weighted by molar-refractivity contribution is 5.66. The standard InChI is InChI=1S/C13H17N5O/c1-3-19-13-11(14)12(16-8-17-13)15-7-10-6-4-5-9(2)18-10/h4-6,8H,3,7,14H2,1-2H3,(H,15,16,17). The lowest BCUT2D eigenvalue weighted by Crippen LogP contribution is -2.08. The Balaban J connectivity index is 2.09. The van der Waals surface area contributed by atoms with E-state index in [-0.39, 0.29) is 0 Å². The maximum Gasteiger partial charge on any atom is 0.242 e. The molecule has 0 aliphatic rings. The average Bonchev–Trinajstić information content (AvgIpc) is 2.40. The van der Waals surface area contributed by atoms with Crippen LogP contribution in [0.25, 0.3) is 0 Å². The lowest BCUT2D eigenvalue weighted by molar-refractivity contribution is 0.328. The molecule has 2 rings (SSSR count). The minimum Gasteiger partial charge on any atom is -0.476 e. The molecule has 3 N–H and O–H groups in total. The van der Waals surface area contributed by atoms with Gasteiger partial charge in [-0.05, 0) is 26.0 Å². The number of aromatic nitrogens is 3. The van der Waals surface area contributed by atoms with Crippen LogP contribution in [0, 0.1) is 6.92 Å². The molecule has 0 saturated carbocycles. The van der Waals surface area contributed by atoms with Crippen molar-refractivity contribution in [3.05, 3.63) is 35.9 Å². The van der Waals surface area contributed by atoms with E-state index in [2.05, 4.69) is 20.3 Å². The van der Waals surface area contributed by atoms with Gasteiger partial charge in [0.1, 0.15) is 12.0 Å². The summed E-state index contributed by atoms with van der Waals surface area (Å²) >= 11 is 0. The molecular weight excluding hydrogens is 242 g/mol. The van der Waals surface area contributed by atoms with E-state index in [0.717, 1.165) is 11.4 Å². The molecule has 2 aromatic heterocycles. The van der Waals surface area contributed by atoms with E-state index in [4.69, 9.17) is 10.5 Å². The molecule has 0 fully saturated rings. The molecule has 0 aliphatic carbocycles. The van der Waals surface area contributed by atoms with Crippen molar-refractivity contribution < 1.29 is 4.74 Å². The molecule has 0 radical (unpaired) electrons. The van der Waals surface area contributed by atoms with Gasteiger partial charge in [0.25, 0.3) is 0 Å². The van der Waals surface area contributed by atoms with E-state index in [1.54, 1.807) is 0 Å². The Morgan fingerprint density at radius 3 is 2.89 bits per heavy atom. The van der Waals surface area contributed by atoms with Crippen molar-refractivity contribution in [2.45, 2.75) is 20.4 Å². The van der Waals surface area contributed by atoms with Crippen LogP contribution in [0.5, 0.6) is 5.88 Å². The SMILES string of the molecule is CCOc1ncnc(NCc2cccc(C)n2)c1N. The highest BCUT2D eigenvalue weighted by atomic mass is 16.5. The molecule has 6 nitrogen and oxygen atoms in total. The molecular formula is C13H17N5O. The maximum atomic E-state index is 5.93. The second-order valence-corrected chi connectivity index (χ2v) is 4.00. The van der Waals surface area contributed by atoms with Crippen LogP contribution in [0.15, 0.2) is 24.5 Å². The molecule has 0 aromatic carbocycles. The van der Waals surface area contributed by atoms with Crippen LogP contribution in [0.3, 0.4) is 0 Å². The third-order valence-corrected chi connectivity index (χ3v) is 2.51. The molecule has 0 atom stereocenters. The predicted octanol–water partition coefficient (Wildman–Crippen LogP) is 1.77. The highest BCUT2D eigenvalue weighted by Crippen LogP contribution is 2.24. The number of hydrogen-bond donors (Lipinski definition) is 2. The maximum absolute atomic E-state index is 5.93. The van der Waals surface area contributed by atoms with Crippen molar-refractivity contribution in [3.8, 4) is 5.88 Å². The quantitative estimate of drug-likeness (QED) is 0.851. The van der Waals surface area contributed by atoms with Gasteiger partial charge in [0.2, 0.25) is 5.88 Å². The Morgan fingerprint density at radius 2 is 2.16 bits per heavy atom. The number of hydrogen-bond acceptors (Lipinski definition) is 6. The summed E-state index contributed by atoms with van der Waals surface area (Å²) < 4.78 is 5.32. The third-order valence-electron chi connectivity index (χ3n) is 2.51.